The maximum atomic E-state index is 5.29. The highest BCUT2D eigenvalue weighted by Crippen LogP contribution is 1.96. The number of nitrogens with zero attached hydrogens (tertiary/aromatic N) is 1. The minimum Gasteiger partial charge on any atom is -0.375 e. The Labute approximate surface area is 43.1 Å². The summed E-state index contributed by atoms with van der Waals surface area (Å²) < 4.78 is 0. The van der Waals surface area contributed by atoms with Crippen molar-refractivity contribution in [3.05, 3.63) is 0 Å². The van der Waals surface area contributed by atoms with E-state index in [2.05, 4.69) is 16.7 Å². The van der Waals surface area contributed by atoms with Crippen LogP contribution in [0.5, 0.6) is 0 Å². The van der Waals surface area contributed by atoms with Gasteiger partial charge in [-0.1, -0.05) is 0 Å². The van der Waals surface area contributed by atoms with E-state index in [4.69, 9.17) is 5.73 Å². The largest absolute Gasteiger partial charge is 0.375 e. The Balaban J connectivity index is 3.34. The normalized spacial score (nSPS) is 10.7. The van der Waals surface area contributed by atoms with E-state index in [1.54, 1.807) is 13.8 Å². The van der Waals surface area contributed by atoms with Gasteiger partial charge in [0.15, 0.2) is 5.72 Å². The average molecular weight is 102 g/mol. The van der Waals surface area contributed by atoms with Crippen LogP contribution in [0.15, 0.2) is 5.16 Å². The summed E-state index contributed by atoms with van der Waals surface area (Å²) in [7, 11) is 0. The fraction of sp³-hybridized carbons (Fsp3) is 0.750. The SMILES string of the molecule is C=NOC(C)(C)N. The van der Waals surface area contributed by atoms with Gasteiger partial charge in [-0.3, -0.25) is 5.73 Å². The minimum absolute atomic E-state index is 0.679. The molecule has 0 fully saturated rings. The van der Waals surface area contributed by atoms with Gasteiger partial charge in [-0.05, 0) is 13.8 Å². The van der Waals surface area contributed by atoms with Crippen molar-refractivity contribution in [3.8, 4) is 0 Å². The molecule has 0 aliphatic heterocycles. The van der Waals surface area contributed by atoms with Crippen molar-refractivity contribution in [1.29, 1.82) is 0 Å². The summed E-state index contributed by atoms with van der Waals surface area (Å²) in [5, 5.41) is 3.13. The summed E-state index contributed by atoms with van der Waals surface area (Å²) in [6, 6.07) is 0. The van der Waals surface area contributed by atoms with E-state index in [0.717, 1.165) is 0 Å². The van der Waals surface area contributed by atoms with Crippen molar-refractivity contribution in [3.63, 3.8) is 0 Å². The van der Waals surface area contributed by atoms with Crippen LogP contribution in [0.2, 0.25) is 0 Å². The summed E-state index contributed by atoms with van der Waals surface area (Å²) in [5.41, 5.74) is 4.61. The Morgan fingerprint density at radius 3 is 2.14 bits per heavy atom. The van der Waals surface area contributed by atoms with Crippen LogP contribution in [0, 0.1) is 0 Å². The third-order valence-electron chi connectivity index (χ3n) is 0.300. The second-order valence-corrected chi connectivity index (χ2v) is 1.82. The molecule has 2 N–H and O–H groups in total. The van der Waals surface area contributed by atoms with Crippen molar-refractivity contribution in [2.45, 2.75) is 19.6 Å². The van der Waals surface area contributed by atoms with Gasteiger partial charge in [0.05, 0.1) is 0 Å². The zero-order chi connectivity index (χ0) is 5.91. The van der Waals surface area contributed by atoms with Gasteiger partial charge in [-0.25, -0.2) is 0 Å². The predicted molar refractivity (Wildman–Crippen MR) is 28.9 cm³/mol. The maximum Gasteiger partial charge on any atom is 0.180 e. The Kier molecular flexibility index (Phi) is 1.77. The van der Waals surface area contributed by atoms with Crippen LogP contribution in [0.1, 0.15) is 13.8 Å². The lowest BCUT2D eigenvalue weighted by Gasteiger charge is -2.13. The molecule has 0 aromatic rings. The van der Waals surface area contributed by atoms with Crippen LogP contribution in [-0.2, 0) is 4.84 Å². The average Bonchev–Trinajstić information content (AvgIpc) is 1.30. The number of nitrogens with two attached hydrogens (primary N) is 1. The van der Waals surface area contributed by atoms with Gasteiger partial charge in [0.2, 0.25) is 0 Å². The summed E-state index contributed by atoms with van der Waals surface area (Å²) in [4.78, 5) is 4.52. The Morgan fingerprint density at radius 1 is 1.71 bits per heavy atom. The van der Waals surface area contributed by atoms with Crippen LogP contribution >= 0.6 is 0 Å². The highest BCUT2D eigenvalue weighted by molar-refractivity contribution is 5.21. The van der Waals surface area contributed by atoms with Crippen LogP contribution in [0.4, 0.5) is 0 Å². The van der Waals surface area contributed by atoms with Gasteiger partial charge in [0.25, 0.3) is 0 Å². The van der Waals surface area contributed by atoms with Gasteiger partial charge in [0, 0.05) is 6.72 Å². The van der Waals surface area contributed by atoms with Gasteiger partial charge >= 0.3 is 0 Å². The molecule has 0 heterocycles. The molecule has 0 aromatic carbocycles. The fourth-order valence-corrected chi connectivity index (χ4v) is 0.166. The molecule has 42 valence electrons. The molecule has 3 nitrogen and oxygen atoms in total. The molecule has 0 saturated carbocycles. The zero-order valence-electron chi connectivity index (χ0n) is 4.64. The van der Waals surface area contributed by atoms with Crippen LogP contribution in [0.3, 0.4) is 0 Å². The van der Waals surface area contributed by atoms with Gasteiger partial charge in [-0.15, -0.1) is 5.16 Å². The summed E-state index contributed by atoms with van der Waals surface area (Å²) in [5.74, 6) is 0. The topological polar surface area (TPSA) is 47.6 Å². The minimum atomic E-state index is -0.679. The molecule has 7 heavy (non-hydrogen) atoms. The second kappa shape index (κ2) is 1.93. The first-order valence-electron chi connectivity index (χ1n) is 1.99. The number of rotatable bonds is 2. The standard InChI is InChI=1S/C4H10N2O/c1-4(2,5)7-6-3/h3,5H2,1-2H3. The van der Waals surface area contributed by atoms with E-state index < -0.39 is 5.72 Å². The maximum absolute atomic E-state index is 5.29. The van der Waals surface area contributed by atoms with E-state index in [-0.39, 0.29) is 0 Å². The van der Waals surface area contributed by atoms with Crippen molar-refractivity contribution >= 4 is 6.72 Å². The smallest absolute Gasteiger partial charge is 0.180 e. The molecule has 0 amide bonds. The van der Waals surface area contributed by atoms with E-state index in [0.29, 0.717) is 0 Å². The molecule has 3 heteroatoms. The van der Waals surface area contributed by atoms with Crippen LogP contribution in [0.25, 0.3) is 0 Å². The molecule has 0 saturated heterocycles. The first-order chi connectivity index (χ1) is 3.06. The van der Waals surface area contributed by atoms with E-state index in [1.807, 2.05) is 0 Å². The third-order valence-corrected chi connectivity index (χ3v) is 0.300. The first kappa shape index (κ1) is 6.43. The number of hydrogen-bond donors (Lipinski definition) is 1. The Hall–Kier alpha value is -0.570. The van der Waals surface area contributed by atoms with Crippen molar-refractivity contribution in [1.82, 2.24) is 0 Å². The van der Waals surface area contributed by atoms with Crippen molar-refractivity contribution in [2.75, 3.05) is 0 Å². The Morgan fingerprint density at radius 2 is 2.14 bits per heavy atom. The first-order valence-corrected chi connectivity index (χ1v) is 1.99. The fourth-order valence-electron chi connectivity index (χ4n) is 0.166. The molecule has 0 bridgehead atoms. The van der Waals surface area contributed by atoms with Crippen molar-refractivity contribution in [2.24, 2.45) is 10.9 Å². The molecule has 0 rings (SSSR count). The highest BCUT2D eigenvalue weighted by atomic mass is 16.7. The molecular formula is C4H10N2O. The lowest BCUT2D eigenvalue weighted by atomic mass is 10.3. The summed E-state index contributed by atoms with van der Waals surface area (Å²) in [6.45, 7) is 6.49. The Bertz CT molecular complexity index is 64.6. The molecule has 0 aromatic heterocycles. The van der Waals surface area contributed by atoms with Gasteiger partial charge < -0.3 is 4.84 Å². The zero-order valence-corrected chi connectivity index (χ0v) is 4.64. The van der Waals surface area contributed by atoms with Crippen LogP contribution < -0.4 is 5.73 Å². The van der Waals surface area contributed by atoms with Crippen molar-refractivity contribution < 1.29 is 4.84 Å². The lowest BCUT2D eigenvalue weighted by Crippen LogP contribution is -2.33. The number of oxime groups is 1. The highest BCUT2D eigenvalue weighted by Gasteiger charge is 2.08. The lowest BCUT2D eigenvalue weighted by molar-refractivity contribution is -0.00731. The van der Waals surface area contributed by atoms with Crippen LogP contribution in [-0.4, -0.2) is 12.4 Å². The van der Waals surface area contributed by atoms with Gasteiger partial charge in [0.1, 0.15) is 0 Å². The molecule has 0 spiro atoms. The molecule has 0 aliphatic carbocycles. The van der Waals surface area contributed by atoms with E-state index in [1.165, 1.54) is 0 Å². The molecule has 0 atom stereocenters. The molecular weight excluding hydrogens is 92.1 g/mol. The quantitative estimate of drug-likeness (QED) is 0.310. The number of hydrogen-bond acceptors (Lipinski definition) is 3. The second-order valence-electron chi connectivity index (χ2n) is 1.82. The molecule has 0 unspecified atom stereocenters. The van der Waals surface area contributed by atoms with E-state index in [9.17, 15) is 0 Å². The van der Waals surface area contributed by atoms with E-state index >= 15 is 0 Å². The predicted octanol–water partition coefficient (Wildman–Crippen LogP) is 0.313. The molecule has 0 aliphatic rings. The summed E-state index contributed by atoms with van der Waals surface area (Å²) in [6.07, 6.45) is 0. The molecule has 0 radical (unpaired) electrons. The third kappa shape index (κ3) is 5.43. The summed E-state index contributed by atoms with van der Waals surface area (Å²) >= 11 is 0. The monoisotopic (exact) mass is 102 g/mol. The van der Waals surface area contributed by atoms with Gasteiger partial charge in [-0.2, -0.15) is 0 Å².